The highest BCUT2D eigenvalue weighted by molar-refractivity contribution is 5.79. The number of carbonyl (C=O) groups is 4. The summed E-state index contributed by atoms with van der Waals surface area (Å²) in [4.78, 5) is 46.7. The van der Waals surface area contributed by atoms with Gasteiger partial charge in [0.05, 0.1) is 19.8 Å². The summed E-state index contributed by atoms with van der Waals surface area (Å²) in [5.41, 5.74) is 2.32. The normalized spacial score (nSPS) is 13.5. The zero-order valence-corrected chi connectivity index (χ0v) is 23.4. The van der Waals surface area contributed by atoms with Gasteiger partial charge >= 0.3 is 5.97 Å². The van der Waals surface area contributed by atoms with Crippen LogP contribution in [-0.4, -0.2) is 86.8 Å². The summed E-state index contributed by atoms with van der Waals surface area (Å²) < 4.78 is 10.4. The zero-order chi connectivity index (χ0) is 28.2. The summed E-state index contributed by atoms with van der Waals surface area (Å²) in [5, 5.41) is 21.8. The Morgan fingerprint density at radius 2 is 1.53 bits per heavy atom. The van der Waals surface area contributed by atoms with Gasteiger partial charge in [-0.05, 0) is 58.4 Å². The predicted molar refractivity (Wildman–Crippen MR) is 145 cm³/mol. The number of amides is 2. The van der Waals surface area contributed by atoms with Crippen molar-refractivity contribution in [3.05, 3.63) is 11.3 Å². The maximum atomic E-state index is 12.2. The minimum Gasteiger partial charge on any atom is -0.480 e. The van der Waals surface area contributed by atoms with Crippen LogP contribution in [0.25, 0.3) is 0 Å². The van der Waals surface area contributed by atoms with Crippen LogP contribution in [0.4, 0.5) is 0 Å². The van der Waals surface area contributed by atoms with Crippen LogP contribution in [0.2, 0.25) is 0 Å². The summed E-state index contributed by atoms with van der Waals surface area (Å²) in [6.45, 7) is 8.33. The molecule has 0 saturated heterocycles. The molecule has 1 atom stereocenters. The van der Waals surface area contributed by atoms with E-state index in [-0.39, 0.29) is 43.5 Å². The fraction of sp³-hybridized carbons (Fsp3) is 0.778. The van der Waals surface area contributed by atoms with Crippen LogP contribution in [0.15, 0.2) is 11.3 Å². The second-order valence-electron chi connectivity index (χ2n) is 9.89. The number of ketones is 1. The van der Waals surface area contributed by atoms with Gasteiger partial charge in [0, 0.05) is 37.7 Å². The van der Waals surface area contributed by atoms with E-state index in [1.807, 2.05) is 0 Å². The second kappa shape index (κ2) is 20.5. The molecule has 2 amide bonds. The number of hydrogen-bond donors (Lipinski definition) is 5. The van der Waals surface area contributed by atoms with Gasteiger partial charge in [-0.2, -0.15) is 0 Å². The van der Waals surface area contributed by atoms with Crippen LogP contribution in [-0.2, 0) is 28.7 Å². The van der Waals surface area contributed by atoms with E-state index in [1.165, 1.54) is 12.5 Å². The van der Waals surface area contributed by atoms with Gasteiger partial charge in [-0.25, -0.2) is 4.79 Å². The van der Waals surface area contributed by atoms with Crippen molar-refractivity contribution in [2.75, 3.05) is 46.1 Å². The maximum absolute atomic E-state index is 12.2. The fourth-order valence-corrected chi connectivity index (χ4v) is 3.76. The van der Waals surface area contributed by atoms with Gasteiger partial charge in [-0.1, -0.05) is 19.4 Å². The minimum absolute atomic E-state index is 0.0399. The largest absolute Gasteiger partial charge is 0.480 e. The van der Waals surface area contributed by atoms with E-state index in [4.69, 9.17) is 9.47 Å². The Hall–Kier alpha value is -2.50. The lowest BCUT2D eigenvalue weighted by Gasteiger charge is -2.26. The molecule has 0 aliphatic heterocycles. The molecule has 1 saturated carbocycles. The summed E-state index contributed by atoms with van der Waals surface area (Å²) in [5.74, 6) is -1.36. The lowest BCUT2D eigenvalue weighted by atomic mass is 9.88. The molecule has 0 aromatic carbocycles. The van der Waals surface area contributed by atoms with Crippen molar-refractivity contribution in [1.29, 1.82) is 0 Å². The first-order valence-corrected chi connectivity index (χ1v) is 13.8. The number of aliphatic carboxylic acids is 1. The van der Waals surface area contributed by atoms with E-state index >= 15 is 0 Å². The molecule has 1 aliphatic rings. The quantitative estimate of drug-likeness (QED) is 0.122. The molecule has 1 unspecified atom stereocenters. The van der Waals surface area contributed by atoms with Crippen molar-refractivity contribution in [3.63, 3.8) is 0 Å². The van der Waals surface area contributed by atoms with Crippen LogP contribution in [0.3, 0.4) is 0 Å². The van der Waals surface area contributed by atoms with Crippen molar-refractivity contribution in [3.8, 4) is 0 Å². The number of carbonyl (C=O) groups excluding carboxylic acids is 3. The summed E-state index contributed by atoms with van der Waals surface area (Å²) >= 11 is 0. The Kier molecular flexibility index (Phi) is 18.1. The molecule has 5 N–H and O–H groups in total. The number of rotatable bonds is 23. The maximum Gasteiger partial charge on any atom is 0.326 e. The smallest absolute Gasteiger partial charge is 0.326 e. The van der Waals surface area contributed by atoms with Crippen LogP contribution in [0.1, 0.15) is 78.6 Å². The molecule has 1 fully saturated rings. The van der Waals surface area contributed by atoms with Gasteiger partial charge in [-0.15, -0.1) is 0 Å². The SMILES string of the molecule is CC(=O)COCCOCCNC(=O)CCCNC(=O)CCC(NC(CCCNC(C)C)=C1CCC1)C(=O)O. The molecule has 0 radical (unpaired) electrons. The standard InChI is InChI=1S/C27H48N4O7/c1-20(2)28-13-5-9-23(22-7-4-8-22)31-24(27(35)36)11-12-26(34)29-14-6-10-25(33)30-15-16-37-17-18-38-19-21(3)32/h20,24,28,31H,4-19H2,1-3H3,(H,29,34)(H,30,33)(H,35,36). The fourth-order valence-electron chi connectivity index (χ4n) is 3.76. The van der Waals surface area contributed by atoms with Gasteiger partial charge in [-0.3, -0.25) is 14.4 Å². The first-order valence-electron chi connectivity index (χ1n) is 13.8. The van der Waals surface area contributed by atoms with Crippen molar-refractivity contribution in [2.45, 2.75) is 90.6 Å². The number of carboxylic acids is 1. The van der Waals surface area contributed by atoms with Gasteiger partial charge < -0.3 is 35.8 Å². The number of carboxylic acid groups (broad SMARTS) is 1. The summed E-state index contributed by atoms with van der Waals surface area (Å²) in [6, 6.07) is -0.394. The lowest BCUT2D eigenvalue weighted by Crippen LogP contribution is -2.38. The van der Waals surface area contributed by atoms with Gasteiger partial charge in [0.2, 0.25) is 11.8 Å². The van der Waals surface area contributed by atoms with E-state index in [0.717, 1.165) is 44.3 Å². The van der Waals surface area contributed by atoms with Crippen LogP contribution >= 0.6 is 0 Å². The molecule has 11 nitrogen and oxygen atoms in total. The van der Waals surface area contributed by atoms with Crippen LogP contribution in [0, 0.1) is 0 Å². The Morgan fingerprint density at radius 1 is 0.868 bits per heavy atom. The Labute approximate surface area is 226 Å². The lowest BCUT2D eigenvalue weighted by molar-refractivity contribution is -0.139. The number of allylic oxidation sites excluding steroid dienone is 2. The molecule has 0 aromatic heterocycles. The minimum atomic E-state index is -0.959. The highest BCUT2D eigenvalue weighted by atomic mass is 16.5. The van der Waals surface area contributed by atoms with Crippen LogP contribution in [0.5, 0.6) is 0 Å². The topological polar surface area (TPSA) is 155 Å². The Morgan fingerprint density at radius 3 is 2.16 bits per heavy atom. The first kappa shape index (κ1) is 33.5. The molecular formula is C27H48N4O7. The van der Waals surface area contributed by atoms with E-state index in [1.54, 1.807) is 0 Å². The molecule has 0 aromatic rings. The van der Waals surface area contributed by atoms with Crippen molar-refractivity contribution in [1.82, 2.24) is 21.3 Å². The van der Waals surface area contributed by atoms with E-state index in [9.17, 15) is 24.3 Å². The molecule has 0 heterocycles. The highest BCUT2D eigenvalue weighted by Gasteiger charge is 2.22. The molecule has 0 spiro atoms. The third-order valence-electron chi connectivity index (χ3n) is 6.00. The summed E-state index contributed by atoms with van der Waals surface area (Å²) in [6.07, 6.45) is 5.92. The molecule has 11 heteroatoms. The van der Waals surface area contributed by atoms with Crippen molar-refractivity contribution in [2.24, 2.45) is 0 Å². The molecule has 1 rings (SSSR count). The van der Waals surface area contributed by atoms with E-state index in [0.29, 0.717) is 45.4 Å². The number of Topliss-reactive ketones (excluding diaryl/α,β-unsaturated/α-hetero) is 1. The van der Waals surface area contributed by atoms with Crippen molar-refractivity contribution < 1.29 is 33.8 Å². The number of ether oxygens (including phenoxy) is 2. The number of hydrogen-bond acceptors (Lipinski definition) is 8. The zero-order valence-electron chi connectivity index (χ0n) is 23.4. The number of nitrogens with one attached hydrogen (secondary N) is 4. The Bertz CT molecular complexity index is 765. The van der Waals surface area contributed by atoms with Gasteiger partial charge in [0.15, 0.2) is 5.78 Å². The third kappa shape index (κ3) is 17.1. The average Bonchev–Trinajstić information content (AvgIpc) is 2.81. The highest BCUT2D eigenvalue weighted by Crippen LogP contribution is 2.29. The third-order valence-corrected chi connectivity index (χ3v) is 6.00. The van der Waals surface area contributed by atoms with Crippen LogP contribution < -0.4 is 21.3 Å². The first-order chi connectivity index (χ1) is 18.2. The molecule has 38 heavy (non-hydrogen) atoms. The predicted octanol–water partition coefficient (Wildman–Crippen LogP) is 1.66. The van der Waals surface area contributed by atoms with E-state index < -0.39 is 12.0 Å². The monoisotopic (exact) mass is 540 g/mol. The van der Waals surface area contributed by atoms with Gasteiger partial charge in [0.25, 0.3) is 0 Å². The van der Waals surface area contributed by atoms with Crippen molar-refractivity contribution >= 4 is 23.6 Å². The molecule has 218 valence electrons. The molecule has 0 bridgehead atoms. The molecule has 1 aliphatic carbocycles. The Balaban J connectivity index is 2.20. The average molecular weight is 541 g/mol. The second-order valence-corrected chi connectivity index (χ2v) is 9.89. The summed E-state index contributed by atoms with van der Waals surface area (Å²) in [7, 11) is 0. The van der Waals surface area contributed by atoms with E-state index in [2.05, 4.69) is 35.1 Å². The van der Waals surface area contributed by atoms with Gasteiger partial charge in [0.1, 0.15) is 12.6 Å². The molecular weight excluding hydrogens is 492 g/mol.